The van der Waals surface area contributed by atoms with Crippen molar-refractivity contribution in [1.29, 1.82) is 0 Å². The van der Waals surface area contributed by atoms with E-state index in [0.717, 1.165) is 12.8 Å². The summed E-state index contributed by atoms with van der Waals surface area (Å²) in [5.74, 6) is -0.150. The van der Waals surface area contributed by atoms with Crippen LogP contribution in [0, 0.1) is 11.8 Å². The molecule has 0 radical (unpaired) electrons. The number of carboxylic acid groups (broad SMARTS) is 1. The highest BCUT2D eigenvalue weighted by atomic mass is 16.4. The average molecular weight is 143 g/mol. The zero-order valence-electron chi connectivity index (χ0n) is 6.08. The number of rotatable bonds is 3. The van der Waals surface area contributed by atoms with Crippen LogP contribution in [0.5, 0.6) is 0 Å². The minimum absolute atomic E-state index is 0.150. The van der Waals surface area contributed by atoms with Crippen LogP contribution in [-0.2, 0) is 4.79 Å². The Morgan fingerprint density at radius 2 is 2.20 bits per heavy atom. The molecule has 0 aromatic carbocycles. The van der Waals surface area contributed by atoms with Crippen molar-refractivity contribution in [3.05, 3.63) is 0 Å². The summed E-state index contributed by atoms with van der Waals surface area (Å²) in [7, 11) is 0. The van der Waals surface area contributed by atoms with Crippen molar-refractivity contribution in [2.24, 2.45) is 17.6 Å². The first-order valence-electron chi connectivity index (χ1n) is 3.61. The second kappa shape index (κ2) is 2.58. The Bertz CT molecular complexity index is 143. The fourth-order valence-electron chi connectivity index (χ4n) is 1.14. The van der Waals surface area contributed by atoms with Crippen LogP contribution in [0.3, 0.4) is 0 Å². The predicted octanol–water partition coefficient (Wildman–Crippen LogP) is 0.444. The number of aliphatic carboxylic acids is 1. The third-order valence-electron chi connectivity index (χ3n) is 2.22. The lowest BCUT2D eigenvalue weighted by Gasteiger charge is -2.13. The minimum atomic E-state index is -0.876. The molecule has 3 nitrogen and oxygen atoms in total. The van der Waals surface area contributed by atoms with Crippen molar-refractivity contribution in [2.45, 2.75) is 25.8 Å². The van der Waals surface area contributed by atoms with E-state index in [1.54, 1.807) is 0 Å². The van der Waals surface area contributed by atoms with Crippen molar-refractivity contribution in [1.82, 2.24) is 0 Å². The Morgan fingerprint density at radius 1 is 1.70 bits per heavy atom. The van der Waals surface area contributed by atoms with E-state index in [1.807, 2.05) is 6.92 Å². The van der Waals surface area contributed by atoms with E-state index >= 15 is 0 Å². The molecule has 0 aromatic heterocycles. The maximum absolute atomic E-state index is 10.3. The van der Waals surface area contributed by atoms with Crippen LogP contribution < -0.4 is 5.73 Å². The molecule has 0 aromatic rings. The zero-order valence-corrected chi connectivity index (χ0v) is 6.08. The highest BCUT2D eigenvalue weighted by Crippen LogP contribution is 2.37. The van der Waals surface area contributed by atoms with E-state index in [1.165, 1.54) is 0 Å². The Balaban J connectivity index is 2.38. The molecule has 3 N–H and O–H groups in total. The first kappa shape index (κ1) is 7.54. The average Bonchev–Trinajstić information content (AvgIpc) is 2.65. The second-order valence-electron chi connectivity index (χ2n) is 3.06. The lowest BCUT2D eigenvalue weighted by molar-refractivity contribution is -0.139. The molecular weight excluding hydrogens is 130 g/mol. The van der Waals surface area contributed by atoms with E-state index in [-0.39, 0.29) is 5.92 Å². The molecule has 1 aliphatic rings. The summed E-state index contributed by atoms with van der Waals surface area (Å²) in [5.41, 5.74) is 5.40. The van der Waals surface area contributed by atoms with Crippen molar-refractivity contribution >= 4 is 5.97 Å². The van der Waals surface area contributed by atoms with Gasteiger partial charge in [0.2, 0.25) is 0 Å². The molecule has 2 atom stereocenters. The van der Waals surface area contributed by atoms with Gasteiger partial charge in [-0.05, 0) is 24.7 Å². The molecular formula is C7H13NO2. The van der Waals surface area contributed by atoms with Crippen LogP contribution >= 0.6 is 0 Å². The first-order valence-corrected chi connectivity index (χ1v) is 3.61. The molecule has 10 heavy (non-hydrogen) atoms. The minimum Gasteiger partial charge on any atom is -0.480 e. The van der Waals surface area contributed by atoms with Crippen LogP contribution in [0.15, 0.2) is 0 Å². The lowest BCUT2D eigenvalue weighted by Crippen LogP contribution is -2.37. The third kappa shape index (κ3) is 1.48. The molecule has 1 aliphatic carbocycles. The van der Waals surface area contributed by atoms with E-state index in [9.17, 15) is 4.79 Å². The summed E-state index contributed by atoms with van der Waals surface area (Å²) >= 11 is 0. The topological polar surface area (TPSA) is 63.3 Å². The maximum atomic E-state index is 10.3. The fourth-order valence-corrected chi connectivity index (χ4v) is 1.14. The van der Waals surface area contributed by atoms with Gasteiger partial charge in [0.15, 0.2) is 0 Å². The highest BCUT2D eigenvalue weighted by Gasteiger charge is 2.34. The molecule has 0 bridgehead atoms. The van der Waals surface area contributed by atoms with Gasteiger partial charge in [-0.25, -0.2) is 0 Å². The molecule has 0 unspecified atom stereocenters. The molecule has 0 amide bonds. The van der Waals surface area contributed by atoms with Crippen LogP contribution in [0.1, 0.15) is 19.8 Å². The molecule has 1 saturated carbocycles. The summed E-state index contributed by atoms with van der Waals surface area (Å²) < 4.78 is 0. The fraction of sp³-hybridized carbons (Fsp3) is 0.857. The van der Waals surface area contributed by atoms with Gasteiger partial charge in [0.25, 0.3) is 0 Å². The maximum Gasteiger partial charge on any atom is 0.320 e. The van der Waals surface area contributed by atoms with Crippen molar-refractivity contribution in [3.63, 3.8) is 0 Å². The summed E-state index contributed by atoms with van der Waals surface area (Å²) in [4.78, 5) is 10.3. The van der Waals surface area contributed by atoms with Crippen LogP contribution in [0.4, 0.5) is 0 Å². The van der Waals surface area contributed by atoms with E-state index in [0.29, 0.717) is 5.92 Å². The van der Waals surface area contributed by atoms with Crippen LogP contribution in [0.2, 0.25) is 0 Å². The number of carboxylic acids is 1. The van der Waals surface area contributed by atoms with Gasteiger partial charge in [0.05, 0.1) is 0 Å². The molecule has 58 valence electrons. The summed E-state index contributed by atoms with van der Waals surface area (Å²) in [5, 5.41) is 8.50. The number of carbonyl (C=O) groups is 1. The smallest absolute Gasteiger partial charge is 0.320 e. The number of hydrogen-bond acceptors (Lipinski definition) is 2. The molecule has 0 heterocycles. The van der Waals surface area contributed by atoms with Crippen molar-refractivity contribution in [2.75, 3.05) is 0 Å². The molecule has 1 fully saturated rings. The molecule has 0 saturated heterocycles. The lowest BCUT2D eigenvalue weighted by atomic mass is 9.98. The largest absolute Gasteiger partial charge is 0.480 e. The predicted molar refractivity (Wildman–Crippen MR) is 37.5 cm³/mol. The summed E-state index contributed by atoms with van der Waals surface area (Å²) in [6.07, 6.45) is 2.31. The second-order valence-corrected chi connectivity index (χ2v) is 3.06. The quantitative estimate of drug-likeness (QED) is 0.602. The summed E-state index contributed by atoms with van der Waals surface area (Å²) in [6.45, 7) is 1.91. The molecule has 0 aliphatic heterocycles. The van der Waals surface area contributed by atoms with Gasteiger partial charge in [-0.3, -0.25) is 4.79 Å². The van der Waals surface area contributed by atoms with Crippen LogP contribution in [-0.4, -0.2) is 17.1 Å². The van der Waals surface area contributed by atoms with E-state index < -0.39 is 12.0 Å². The van der Waals surface area contributed by atoms with Crippen molar-refractivity contribution < 1.29 is 9.90 Å². The van der Waals surface area contributed by atoms with Gasteiger partial charge in [-0.1, -0.05) is 6.92 Å². The monoisotopic (exact) mass is 143 g/mol. The number of hydrogen-bond donors (Lipinski definition) is 2. The number of nitrogens with two attached hydrogens (primary N) is 1. The Hall–Kier alpha value is -0.570. The molecule has 0 spiro atoms. The van der Waals surface area contributed by atoms with Gasteiger partial charge in [-0.2, -0.15) is 0 Å². The van der Waals surface area contributed by atoms with Gasteiger partial charge in [-0.15, -0.1) is 0 Å². The SMILES string of the molecule is C[C@@H](C1CC1)[C@@H](N)C(=O)O. The Morgan fingerprint density at radius 3 is 2.50 bits per heavy atom. The summed E-state index contributed by atoms with van der Waals surface area (Å²) in [6, 6.07) is -0.660. The molecule has 1 rings (SSSR count). The van der Waals surface area contributed by atoms with Gasteiger partial charge < -0.3 is 10.8 Å². The van der Waals surface area contributed by atoms with Crippen molar-refractivity contribution in [3.8, 4) is 0 Å². The standard InChI is InChI=1S/C7H13NO2/c1-4(5-2-3-5)6(8)7(9)10/h4-6H,2-3,8H2,1H3,(H,9,10)/t4-,6+/m0/s1. The van der Waals surface area contributed by atoms with E-state index in [2.05, 4.69) is 0 Å². The first-order chi connectivity index (χ1) is 4.63. The zero-order chi connectivity index (χ0) is 7.72. The normalized spacial score (nSPS) is 23.8. The Labute approximate surface area is 60.2 Å². The van der Waals surface area contributed by atoms with Crippen LogP contribution in [0.25, 0.3) is 0 Å². The van der Waals surface area contributed by atoms with Gasteiger partial charge >= 0.3 is 5.97 Å². The van der Waals surface area contributed by atoms with E-state index in [4.69, 9.17) is 10.8 Å². The Kier molecular flexibility index (Phi) is 1.94. The molecule has 3 heteroatoms. The highest BCUT2D eigenvalue weighted by molar-refractivity contribution is 5.73. The third-order valence-corrected chi connectivity index (χ3v) is 2.22. The van der Waals surface area contributed by atoms with Gasteiger partial charge in [0, 0.05) is 0 Å². The van der Waals surface area contributed by atoms with Gasteiger partial charge in [0.1, 0.15) is 6.04 Å².